The summed E-state index contributed by atoms with van der Waals surface area (Å²) in [6.07, 6.45) is -1.13. The molecule has 1 saturated carbocycles. The van der Waals surface area contributed by atoms with E-state index >= 15 is 0 Å². The fourth-order valence-corrected chi connectivity index (χ4v) is 3.59. The smallest absolute Gasteiger partial charge is 0.310 e. The molecule has 1 fully saturated rings. The molecule has 10 heteroatoms. The molecule has 0 unspecified atom stereocenters. The average Bonchev–Trinajstić information content (AvgIpc) is 3.70. The monoisotopic (exact) mass is 521 g/mol. The van der Waals surface area contributed by atoms with Crippen molar-refractivity contribution in [2.45, 2.75) is 25.6 Å². The van der Waals surface area contributed by atoms with Gasteiger partial charge in [0.2, 0.25) is 5.91 Å². The number of alkyl halides is 3. The SMILES string of the molecule is CN(C)Cc1ccc(NC(=O)Nc2ccc(C#Cc3ccc(NC(=O)C4CC4)nc3)cc2)cc1C(F)(F)F. The maximum Gasteiger partial charge on any atom is 0.416 e. The number of nitrogens with zero attached hydrogens (tertiary/aromatic N) is 2. The molecule has 1 aliphatic carbocycles. The number of hydrogen-bond acceptors (Lipinski definition) is 4. The Morgan fingerprint density at radius 2 is 1.55 bits per heavy atom. The molecule has 3 aromatic rings. The highest BCUT2D eigenvalue weighted by molar-refractivity contribution is 5.99. The number of pyridine rings is 1. The van der Waals surface area contributed by atoms with Crippen molar-refractivity contribution in [1.82, 2.24) is 9.88 Å². The first-order valence-electron chi connectivity index (χ1n) is 11.9. The zero-order valence-electron chi connectivity index (χ0n) is 20.8. The fraction of sp³-hybridized carbons (Fsp3) is 0.250. The van der Waals surface area contributed by atoms with Crippen LogP contribution < -0.4 is 16.0 Å². The van der Waals surface area contributed by atoms with Crippen molar-refractivity contribution in [2.75, 3.05) is 30.0 Å². The van der Waals surface area contributed by atoms with Crippen LogP contribution in [-0.2, 0) is 17.5 Å². The zero-order valence-corrected chi connectivity index (χ0v) is 20.8. The van der Waals surface area contributed by atoms with E-state index in [4.69, 9.17) is 0 Å². The number of nitrogens with one attached hydrogen (secondary N) is 3. The summed E-state index contributed by atoms with van der Waals surface area (Å²) in [4.78, 5) is 30.0. The van der Waals surface area contributed by atoms with E-state index in [9.17, 15) is 22.8 Å². The standard InChI is InChI=1S/C28H26F3N5O2/c1-36(2)17-21-10-13-23(15-24(21)28(29,30)31)34-27(38)33-22-11-5-18(6-12-22)3-4-19-7-14-25(32-16-19)35-26(37)20-8-9-20/h5-7,10-16,20H,8-9,17H2,1-2H3,(H,32,35,37)(H2,33,34,38). The number of amides is 3. The Morgan fingerprint density at radius 3 is 2.16 bits per heavy atom. The van der Waals surface area contributed by atoms with E-state index in [2.05, 4.69) is 32.8 Å². The number of carbonyl (C=O) groups excluding carboxylic acids is 2. The van der Waals surface area contributed by atoms with Crippen molar-refractivity contribution >= 4 is 29.1 Å². The molecule has 4 rings (SSSR count). The van der Waals surface area contributed by atoms with Crippen LogP contribution in [-0.4, -0.2) is 35.9 Å². The second-order valence-corrected chi connectivity index (χ2v) is 9.21. The third kappa shape index (κ3) is 7.57. The fourth-order valence-electron chi connectivity index (χ4n) is 3.59. The van der Waals surface area contributed by atoms with E-state index in [1.165, 1.54) is 12.1 Å². The molecule has 1 aliphatic rings. The summed E-state index contributed by atoms with van der Waals surface area (Å²) in [7, 11) is 3.37. The molecule has 0 radical (unpaired) electrons. The molecule has 3 amide bonds. The zero-order chi connectivity index (χ0) is 27.3. The first-order chi connectivity index (χ1) is 18.1. The Kier molecular flexibility index (Phi) is 7.98. The van der Waals surface area contributed by atoms with Gasteiger partial charge in [0.05, 0.1) is 5.56 Å². The molecule has 1 aromatic heterocycles. The number of aromatic nitrogens is 1. The van der Waals surface area contributed by atoms with Crippen molar-refractivity contribution in [2.24, 2.45) is 5.92 Å². The molecular weight excluding hydrogens is 495 g/mol. The Bertz CT molecular complexity index is 1370. The molecular formula is C28H26F3N5O2. The number of hydrogen-bond donors (Lipinski definition) is 3. The van der Waals surface area contributed by atoms with Crippen LogP contribution in [0, 0.1) is 17.8 Å². The van der Waals surface area contributed by atoms with Gasteiger partial charge >= 0.3 is 12.2 Å². The van der Waals surface area contributed by atoms with E-state index < -0.39 is 17.8 Å². The van der Waals surface area contributed by atoms with E-state index in [-0.39, 0.29) is 29.6 Å². The minimum absolute atomic E-state index is 0.0114. The lowest BCUT2D eigenvalue weighted by Gasteiger charge is -2.18. The van der Waals surface area contributed by atoms with E-state index in [0.29, 0.717) is 22.6 Å². The number of anilines is 3. The van der Waals surface area contributed by atoms with Crippen LogP contribution in [0.5, 0.6) is 0 Å². The molecule has 3 N–H and O–H groups in total. The summed E-state index contributed by atoms with van der Waals surface area (Å²) in [6, 6.07) is 13.2. The van der Waals surface area contributed by atoms with Gasteiger partial charge in [-0.2, -0.15) is 13.2 Å². The second kappa shape index (κ2) is 11.4. The van der Waals surface area contributed by atoms with Gasteiger partial charge in [0.15, 0.2) is 0 Å². The van der Waals surface area contributed by atoms with Crippen molar-refractivity contribution in [3.05, 3.63) is 83.0 Å². The van der Waals surface area contributed by atoms with Gasteiger partial charge in [-0.15, -0.1) is 0 Å². The summed E-state index contributed by atoms with van der Waals surface area (Å²) >= 11 is 0. The highest BCUT2D eigenvalue weighted by atomic mass is 19.4. The van der Waals surface area contributed by atoms with Crippen LogP contribution in [0.1, 0.15) is 35.1 Å². The van der Waals surface area contributed by atoms with Gasteiger partial charge in [-0.3, -0.25) is 4.79 Å². The predicted octanol–water partition coefficient (Wildman–Crippen LogP) is 5.55. The number of halogens is 3. The highest BCUT2D eigenvalue weighted by Crippen LogP contribution is 2.34. The Labute approximate surface area is 218 Å². The first kappa shape index (κ1) is 26.7. The molecule has 7 nitrogen and oxygen atoms in total. The molecule has 38 heavy (non-hydrogen) atoms. The Hall–Kier alpha value is -4.36. The Morgan fingerprint density at radius 1 is 0.921 bits per heavy atom. The number of carbonyl (C=O) groups is 2. The van der Waals surface area contributed by atoms with E-state index in [1.54, 1.807) is 61.6 Å². The molecule has 1 heterocycles. The second-order valence-electron chi connectivity index (χ2n) is 9.21. The van der Waals surface area contributed by atoms with E-state index in [1.807, 2.05) is 0 Å². The highest BCUT2D eigenvalue weighted by Gasteiger charge is 2.33. The lowest BCUT2D eigenvalue weighted by atomic mass is 10.1. The maximum absolute atomic E-state index is 13.5. The number of rotatable bonds is 6. The summed E-state index contributed by atoms with van der Waals surface area (Å²) in [5.74, 6) is 6.55. The van der Waals surface area contributed by atoms with Gasteiger partial charge in [-0.05, 0) is 81.0 Å². The van der Waals surface area contributed by atoms with Crippen molar-refractivity contribution in [3.63, 3.8) is 0 Å². The van der Waals surface area contributed by atoms with Crippen molar-refractivity contribution < 1.29 is 22.8 Å². The normalized spacial score (nSPS) is 12.9. The lowest BCUT2D eigenvalue weighted by molar-refractivity contribution is -0.138. The molecule has 0 aliphatic heterocycles. The van der Waals surface area contributed by atoms with Crippen LogP contribution in [0.4, 0.5) is 35.2 Å². The third-order valence-electron chi connectivity index (χ3n) is 5.62. The third-order valence-corrected chi connectivity index (χ3v) is 5.62. The van der Waals surface area contributed by atoms with Gasteiger partial charge in [-0.1, -0.05) is 17.9 Å². The lowest BCUT2D eigenvalue weighted by Crippen LogP contribution is -2.21. The molecule has 0 spiro atoms. The van der Waals surface area contributed by atoms with Crippen molar-refractivity contribution in [3.8, 4) is 11.8 Å². The van der Waals surface area contributed by atoms with Gasteiger partial charge in [0.1, 0.15) is 5.82 Å². The Balaban J connectivity index is 1.34. The quantitative estimate of drug-likeness (QED) is 0.371. The van der Waals surface area contributed by atoms with Crippen LogP contribution >= 0.6 is 0 Å². The molecule has 0 bridgehead atoms. The molecule has 0 atom stereocenters. The van der Waals surface area contributed by atoms with Gasteiger partial charge in [0, 0.05) is 41.2 Å². The van der Waals surface area contributed by atoms with Crippen LogP contribution in [0.3, 0.4) is 0 Å². The maximum atomic E-state index is 13.5. The largest absolute Gasteiger partial charge is 0.416 e. The number of urea groups is 1. The topological polar surface area (TPSA) is 86.4 Å². The predicted molar refractivity (Wildman–Crippen MR) is 139 cm³/mol. The summed E-state index contributed by atoms with van der Waals surface area (Å²) in [6.45, 7) is 0.122. The van der Waals surface area contributed by atoms with Gasteiger partial charge < -0.3 is 20.9 Å². The van der Waals surface area contributed by atoms with Gasteiger partial charge in [-0.25, -0.2) is 9.78 Å². The van der Waals surface area contributed by atoms with Crippen LogP contribution in [0.15, 0.2) is 60.8 Å². The molecule has 2 aromatic carbocycles. The van der Waals surface area contributed by atoms with Gasteiger partial charge in [0.25, 0.3) is 0 Å². The molecule has 0 saturated heterocycles. The summed E-state index contributed by atoms with van der Waals surface area (Å²) < 4.78 is 40.5. The van der Waals surface area contributed by atoms with Crippen molar-refractivity contribution in [1.29, 1.82) is 0 Å². The van der Waals surface area contributed by atoms with Crippen LogP contribution in [0.25, 0.3) is 0 Å². The minimum Gasteiger partial charge on any atom is -0.310 e. The summed E-state index contributed by atoms with van der Waals surface area (Å²) in [5.41, 5.74) is 1.17. The molecule has 196 valence electrons. The number of benzene rings is 2. The minimum atomic E-state index is -4.54. The van der Waals surface area contributed by atoms with E-state index in [0.717, 1.165) is 18.9 Å². The average molecular weight is 522 g/mol. The van der Waals surface area contributed by atoms with Crippen LogP contribution in [0.2, 0.25) is 0 Å². The summed E-state index contributed by atoms with van der Waals surface area (Å²) in [5, 5.41) is 7.81. The first-order valence-corrected chi connectivity index (χ1v) is 11.9.